The zero-order chi connectivity index (χ0) is 22.7. The van der Waals surface area contributed by atoms with Gasteiger partial charge < -0.3 is 14.6 Å². The van der Waals surface area contributed by atoms with Crippen LogP contribution in [0.5, 0.6) is 5.75 Å². The molecule has 0 unspecified atom stereocenters. The van der Waals surface area contributed by atoms with E-state index in [1.165, 1.54) is 12.1 Å². The summed E-state index contributed by atoms with van der Waals surface area (Å²) >= 11 is 0. The molecule has 1 amide bonds. The van der Waals surface area contributed by atoms with E-state index < -0.39 is 11.7 Å². The number of nitrogens with zero attached hydrogens (tertiary/aromatic N) is 4. The van der Waals surface area contributed by atoms with Crippen molar-refractivity contribution in [2.75, 3.05) is 19.6 Å². The highest BCUT2D eigenvalue weighted by atomic mass is 19.1. The van der Waals surface area contributed by atoms with E-state index in [4.69, 9.17) is 9.26 Å². The summed E-state index contributed by atoms with van der Waals surface area (Å²) in [5.41, 5.74) is 1.22. The van der Waals surface area contributed by atoms with Gasteiger partial charge in [-0.3, -0.25) is 14.7 Å². The number of nitrogens with one attached hydrogen (secondary N) is 1. The van der Waals surface area contributed by atoms with E-state index in [0.717, 1.165) is 18.9 Å². The van der Waals surface area contributed by atoms with E-state index in [0.29, 0.717) is 36.0 Å². The second-order valence-electron chi connectivity index (χ2n) is 8.07. The summed E-state index contributed by atoms with van der Waals surface area (Å²) in [7, 11) is 0. The van der Waals surface area contributed by atoms with Crippen LogP contribution in [-0.4, -0.2) is 51.7 Å². The van der Waals surface area contributed by atoms with Crippen molar-refractivity contribution in [2.24, 2.45) is 0 Å². The van der Waals surface area contributed by atoms with Gasteiger partial charge in [0.1, 0.15) is 17.7 Å². The molecule has 4 rings (SSSR count). The van der Waals surface area contributed by atoms with Crippen LogP contribution in [0.15, 0.2) is 41.1 Å². The first kappa shape index (κ1) is 21.9. The Labute approximate surface area is 185 Å². The molecule has 1 aromatic carbocycles. The zero-order valence-corrected chi connectivity index (χ0v) is 18.3. The number of pyridine rings is 1. The van der Waals surface area contributed by atoms with Gasteiger partial charge in [-0.15, -0.1) is 0 Å². The molecular formula is C23H26FN5O3. The lowest BCUT2D eigenvalue weighted by Crippen LogP contribution is -2.53. The van der Waals surface area contributed by atoms with Gasteiger partial charge in [0.05, 0.1) is 24.0 Å². The van der Waals surface area contributed by atoms with Gasteiger partial charge in [0.15, 0.2) is 5.82 Å². The number of benzene rings is 1. The lowest BCUT2D eigenvalue weighted by Gasteiger charge is -2.37. The third kappa shape index (κ3) is 4.94. The average Bonchev–Trinajstić information content (AvgIpc) is 3.22. The van der Waals surface area contributed by atoms with Crippen LogP contribution in [0.1, 0.15) is 48.8 Å². The maximum Gasteiger partial charge on any atom is 0.254 e. The minimum absolute atomic E-state index is 0.0195. The summed E-state index contributed by atoms with van der Waals surface area (Å²) < 4.78 is 25.6. The predicted octanol–water partition coefficient (Wildman–Crippen LogP) is 3.41. The van der Waals surface area contributed by atoms with Crippen LogP contribution in [0.3, 0.4) is 0 Å². The van der Waals surface area contributed by atoms with Crippen molar-refractivity contribution in [3.8, 4) is 17.0 Å². The minimum atomic E-state index is -0.577. The largest absolute Gasteiger partial charge is 0.486 e. The van der Waals surface area contributed by atoms with E-state index in [-0.39, 0.29) is 17.6 Å². The standard InChI is InChI=1S/C23H26FN5O3/c1-4-25-23(30)18-7-5-15(9-19(18)24)20-8-6-16(10-26-20)31-17-11-29(12-17)13-21-27-22(14(2)3)28-32-21/h5-10,14,17H,4,11-13H2,1-3H3,(H,25,30). The monoisotopic (exact) mass is 439 g/mol. The number of aromatic nitrogens is 3. The topological polar surface area (TPSA) is 93.4 Å². The Bertz CT molecular complexity index is 1080. The van der Waals surface area contributed by atoms with Gasteiger partial charge in [0, 0.05) is 31.1 Å². The van der Waals surface area contributed by atoms with Crippen LogP contribution in [0.4, 0.5) is 4.39 Å². The van der Waals surface area contributed by atoms with Gasteiger partial charge in [-0.2, -0.15) is 4.98 Å². The summed E-state index contributed by atoms with van der Waals surface area (Å²) in [6.45, 7) is 8.40. The Balaban J connectivity index is 1.30. The summed E-state index contributed by atoms with van der Waals surface area (Å²) in [6.07, 6.45) is 1.68. The van der Waals surface area contributed by atoms with E-state index in [1.807, 2.05) is 19.9 Å². The molecular weight excluding hydrogens is 413 g/mol. The quantitative estimate of drug-likeness (QED) is 0.575. The first-order valence-electron chi connectivity index (χ1n) is 10.7. The maximum atomic E-state index is 14.3. The number of hydrogen-bond acceptors (Lipinski definition) is 7. The van der Waals surface area contributed by atoms with Crippen LogP contribution in [-0.2, 0) is 6.54 Å². The number of likely N-dealkylation sites (tertiary alicyclic amines) is 1. The highest BCUT2D eigenvalue weighted by molar-refractivity contribution is 5.94. The normalized spacial score (nSPS) is 14.4. The summed E-state index contributed by atoms with van der Waals surface area (Å²) in [6, 6.07) is 8.06. The Hall–Kier alpha value is -3.33. The average molecular weight is 439 g/mol. The molecule has 1 aliphatic heterocycles. The zero-order valence-electron chi connectivity index (χ0n) is 18.3. The first-order chi connectivity index (χ1) is 15.4. The molecule has 0 atom stereocenters. The summed E-state index contributed by atoms with van der Waals surface area (Å²) in [5.74, 6) is 1.22. The van der Waals surface area contributed by atoms with Crippen molar-refractivity contribution in [1.82, 2.24) is 25.3 Å². The molecule has 1 N–H and O–H groups in total. The molecule has 168 valence electrons. The van der Waals surface area contributed by atoms with Crippen molar-refractivity contribution in [3.63, 3.8) is 0 Å². The molecule has 0 bridgehead atoms. The van der Waals surface area contributed by atoms with Crippen LogP contribution < -0.4 is 10.1 Å². The molecule has 2 aromatic heterocycles. The molecule has 1 saturated heterocycles. The number of ether oxygens (including phenoxy) is 1. The lowest BCUT2D eigenvalue weighted by molar-refractivity contribution is 0.00844. The van der Waals surface area contributed by atoms with Gasteiger partial charge in [-0.1, -0.05) is 25.1 Å². The van der Waals surface area contributed by atoms with Crippen LogP contribution in [0, 0.1) is 5.82 Å². The SMILES string of the molecule is CCNC(=O)c1ccc(-c2ccc(OC3CN(Cc4nc(C(C)C)no4)C3)cn2)cc1F. The van der Waals surface area contributed by atoms with Crippen molar-refractivity contribution in [1.29, 1.82) is 0 Å². The van der Waals surface area contributed by atoms with Crippen LogP contribution in [0.2, 0.25) is 0 Å². The lowest BCUT2D eigenvalue weighted by atomic mass is 10.1. The van der Waals surface area contributed by atoms with Gasteiger partial charge in [0.2, 0.25) is 5.89 Å². The van der Waals surface area contributed by atoms with E-state index in [9.17, 15) is 9.18 Å². The molecule has 9 heteroatoms. The second kappa shape index (κ2) is 9.44. The number of carbonyl (C=O) groups excluding carboxylic acids is 1. The van der Waals surface area contributed by atoms with Gasteiger partial charge >= 0.3 is 0 Å². The molecule has 0 aliphatic carbocycles. The predicted molar refractivity (Wildman–Crippen MR) is 116 cm³/mol. The highest BCUT2D eigenvalue weighted by Gasteiger charge is 2.30. The molecule has 3 aromatic rings. The van der Waals surface area contributed by atoms with E-state index >= 15 is 0 Å². The first-order valence-corrected chi connectivity index (χ1v) is 10.7. The van der Waals surface area contributed by atoms with E-state index in [2.05, 4.69) is 25.3 Å². The van der Waals surface area contributed by atoms with Crippen molar-refractivity contribution in [3.05, 3.63) is 59.6 Å². The van der Waals surface area contributed by atoms with Crippen molar-refractivity contribution in [2.45, 2.75) is 39.3 Å². The molecule has 1 aliphatic rings. The van der Waals surface area contributed by atoms with Crippen molar-refractivity contribution < 1.29 is 18.4 Å². The number of rotatable bonds is 8. The van der Waals surface area contributed by atoms with Crippen LogP contribution >= 0.6 is 0 Å². The molecule has 0 saturated carbocycles. The minimum Gasteiger partial charge on any atom is -0.486 e. The fourth-order valence-electron chi connectivity index (χ4n) is 3.41. The number of halogens is 1. The van der Waals surface area contributed by atoms with Gasteiger partial charge in [-0.25, -0.2) is 4.39 Å². The van der Waals surface area contributed by atoms with Crippen molar-refractivity contribution >= 4 is 5.91 Å². The Morgan fingerprint density at radius 2 is 2.12 bits per heavy atom. The molecule has 0 spiro atoms. The third-order valence-corrected chi connectivity index (χ3v) is 5.17. The molecule has 3 heterocycles. The Morgan fingerprint density at radius 3 is 2.75 bits per heavy atom. The summed E-state index contributed by atoms with van der Waals surface area (Å²) in [5, 5.41) is 6.57. The molecule has 1 fully saturated rings. The third-order valence-electron chi connectivity index (χ3n) is 5.17. The number of amides is 1. The fraction of sp³-hybridized carbons (Fsp3) is 0.391. The molecule has 0 radical (unpaired) electrons. The highest BCUT2D eigenvalue weighted by Crippen LogP contribution is 2.24. The Kier molecular flexibility index (Phi) is 6.45. The number of hydrogen-bond donors (Lipinski definition) is 1. The van der Waals surface area contributed by atoms with Gasteiger partial charge in [0.25, 0.3) is 5.91 Å². The number of carbonyl (C=O) groups is 1. The van der Waals surface area contributed by atoms with Gasteiger partial charge in [-0.05, 0) is 31.2 Å². The Morgan fingerprint density at radius 1 is 1.31 bits per heavy atom. The molecule has 32 heavy (non-hydrogen) atoms. The molecule has 8 nitrogen and oxygen atoms in total. The maximum absolute atomic E-state index is 14.3. The smallest absolute Gasteiger partial charge is 0.254 e. The fourth-order valence-corrected chi connectivity index (χ4v) is 3.41. The van der Waals surface area contributed by atoms with E-state index in [1.54, 1.807) is 25.3 Å². The summed E-state index contributed by atoms with van der Waals surface area (Å²) in [4.78, 5) is 22.8. The van der Waals surface area contributed by atoms with Crippen LogP contribution in [0.25, 0.3) is 11.3 Å². The second-order valence-corrected chi connectivity index (χ2v) is 8.07.